The smallest absolute Gasteiger partial charge is 0.357 e. The van der Waals surface area contributed by atoms with Gasteiger partial charge < -0.3 is 4.74 Å². The number of rotatable bonds is 2. The Morgan fingerprint density at radius 3 is 2.64 bits per heavy atom. The normalized spacial score (nSPS) is 13.2. The highest BCUT2D eigenvalue weighted by Crippen LogP contribution is 2.38. The van der Waals surface area contributed by atoms with E-state index < -0.39 is 5.97 Å². The number of aromatic nitrogens is 2. The lowest BCUT2D eigenvalue weighted by Gasteiger charge is -2.22. The highest BCUT2D eigenvalue weighted by Gasteiger charge is 2.27. The first-order chi connectivity index (χ1) is 12.1. The topological polar surface area (TPSA) is 68.2 Å². The zero-order valence-corrected chi connectivity index (χ0v) is 14.3. The predicted octanol–water partition coefficient (Wildman–Crippen LogP) is 3.30. The number of anilines is 1. The van der Waals surface area contributed by atoms with Crippen molar-refractivity contribution in [3.05, 3.63) is 53.9 Å². The first-order valence-electron chi connectivity index (χ1n) is 8.01. The summed E-state index contributed by atoms with van der Waals surface area (Å²) in [7, 11) is 1.36. The Hall–Kier alpha value is -3.28. The van der Waals surface area contributed by atoms with Crippen molar-refractivity contribution < 1.29 is 9.53 Å². The Kier molecular flexibility index (Phi) is 3.46. The fraction of sp³-hybridized carbons (Fsp3) is 0.158. The van der Waals surface area contributed by atoms with Gasteiger partial charge in [0.25, 0.3) is 0 Å². The molecule has 0 fully saturated rings. The standard InChI is InChI=1S/C19H18N4O2/c1-11-16(15-10-6-8-13-7-4-5-9-14(13)15)18-21-20-17(19(24)25-3)12(2)23(18)22-11/h4-10,20-21H,1-3H3. The molecule has 3 aromatic rings. The number of carbonyl (C=O) groups is 1. The van der Waals surface area contributed by atoms with Crippen LogP contribution in [0.25, 0.3) is 27.6 Å². The summed E-state index contributed by atoms with van der Waals surface area (Å²) < 4.78 is 6.56. The van der Waals surface area contributed by atoms with E-state index in [1.807, 2.05) is 32.0 Å². The van der Waals surface area contributed by atoms with Crippen LogP contribution in [0.3, 0.4) is 0 Å². The highest BCUT2D eigenvalue weighted by molar-refractivity contribution is 6.01. The van der Waals surface area contributed by atoms with Crippen molar-refractivity contribution >= 4 is 28.3 Å². The quantitative estimate of drug-likeness (QED) is 0.704. The molecule has 0 radical (unpaired) electrons. The Morgan fingerprint density at radius 1 is 1.08 bits per heavy atom. The molecular formula is C19H18N4O2. The van der Waals surface area contributed by atoms with Crippen molar-refractivity contribution in [2.45, 2.75) is 13.8 Å². The van der Waals surface area contributed by atoms with E-state index in [1.54, 1.807) is 4.68 Å². The van der Waals surface area contributed by atoms with Gasteiger partial charge >= 0.3 is 5.97 Å². The molecule has 2 N–H and O–H groups in total. The largest absolute Gasteiger partial charge is 0.464 e. The minimum Gasteiger partial charge on any atom is -0.464 e. The number of ether oxygens (including phenoxy) is 1. The van der Waals surface area contributed by atoms with Gasteiger partial charge in [0.15, 0.2) is 11.5 Å². The lowest BCUT2D eigenvalue weighted by Crippen LogP contribution is -2.34. The fourth-order valence-corrected chi connectivity index (χ4v) is 3.27. The first-order valence-corrected chi connectivity index (χ1v) is 8.01. The van der Waals surface area contributed by atoms with Crippen LogP contribution in [0.4, 0.5) is 5.82 Å². The molecule has 1 aliphatic heterocycles. The average molecular weight is 334 g/mol. The molecule has 0 aliphatic carbocycles. The maximum atomic E-state index is 11.9. The number of esters is 1. The third-order valence-electron chi connectivity index (χ3n) is 4.49. The maximum absolute atomic E-state index is 11.9. The molecule has 1 aliphatic rings. The zero-order chi connectivity index (χ0) is 17.6. The number of fused-ring (bicyclic) bond motifs is 2. The Bertz CT molecular complexity index is 1030. The van der Waals surface area contributed by atoms with Gasteiger partial charge in [0.2, 0.25) is 0 Å². The van der Waals surface area contributed by atoms with E-state index in [1.165, 1.54) is 12.5 Å². The lowest BCUT2D eigenvalue weighted by molar-refractivity contribution is -0.136. The molecule has 0 saturated heterocycles. The fourth-order valence-electron chi connectivity index (χ4n) is 3.27. The van der Waals surface area contributed by atoms with Crippen LogP contribution < -0.4 is 10.9 Å². The van der Waals surface area contributed by atoms with Crippen molar-refractivity contribution in [2.75, 3.05) is 12.5 Å². The van der Waals surface area contributed by atoms with Crippen LogP contribution >= 0.6 is 0 Å². The van der Waals surface area contributed by atoms with E-state index in [-0.39, 0.29) is 0 Å². The van der Waals surface area contributed by atoms with Crippen LogP contribution in [0.5, 0.6) is 0 Å². The molecule has 0 saturated carbocycles. The van der Waals surface area contributed by atoms with E-state index in [2.05, 4.69) is 40.2 Å². The Balaban J connectivity index is 1.95. The number of aryl methyl sites for hydroxylation is 1. The molecule has 0 spiro atoms. The molecule has 126 valence electrons. The van der Waals surface area contributed by atoms with Gasteiger partial charge in [0, 0.05) is 5.56 Å². The lowest BCUT2D eigenvalue weighted by atomic mass is 9.98. The summed E-state index contributed by atoms with van der Waals surface area (Å²) in [4.78, 5) is 11.9. The number of benzene rings is 2. The van der Waals surface area contributed by atoms with Crippen LogP contribution in [-0.4, -0.2) is 22.9 Å². The van der Waals surface area contributed by atoms with Crippen molar-refractivity contribution in [3.63, 3.8) is 0 Å². The van der Waals surface area contributed by atoms with Gasteiger partial charge in [-0.15, -0.1) is 0 Å². The van der Waals surface area contributed by atoms with Gasteiger partial charge in [-0.3, -0.25) is 10.9 Å². The number of hydrogen-bond acceptors (Lipinski definition) is 5. The van der Waals surface area contributed by atoms with E-state index in [9.17, 15) is 4.79 Å². The van der Waals surface area contributed by atoms with Crippen LogP contribution in [0.2, 0.25) is 0 Å². The second-order valence-corrected chi connectivity index (χ2v) is 5.95. The van der Waals surface area contributed by atoms with Crippen LogP contribution in [0.1, 0.15) is 12.6 Å². The second-order valence-electron chi connectivity index (χ2n) is 5.95. The molecule has 6 nitrogen and oxygen atoms in total. The summed E-state index contributed by atoms with van der Waals surface area (Å²) >= 11 is 0. The van der Waals surface area contributed by atoms with Gasteiger partial charge in [-0.1, -0.05) is 42.5 Å². The monoisotopic (exact) mass is 334 g/mol. The van der Waals surface area contributed by atoms with E-state index >= 15 is 0 Å². The van der Waals surface area contributed by atoms with Gasteiger partial charge in [0.1, 0.15) is 0 Å². The van der Waals surface area contributed by atoms with E-state index in [0.29, 0.717) is 11.4 Å². The van der Waals surface area contributed by atoms with Crippen LogP contribution in [0, 0.1) is 6.92 Å². The third-order valence-corrected chi connectivity index (χ3v) is 4.49. The molecule has 6 heteroatoms. The molecule has 0 bridgehead atoms. The minimum absolute atomic E-state index is 0.349. The summed E-state index contributed by atoms with van der Waals surface area (Å²) in [5.74, 6) is 0.370. The summed E-state index contributed by atoms with van der Waals surface area (Å²) in [5.41, 5.74) is 10.1. The molecule has 1 aromatic heterocycles. The van der Waals surface area contributed by atoms with Crippen LogP contribution in [0.15, 0.2) is 48.2 Å². The van der Waals surface area contributed by atoms with Crippen LogP contribution in [-0.2, 0) is 9.53 Å². The van der Waals surface area contributed by atoms with Gasteiger partial charge in [-0.05, 0) is 30.2 Å². The summed E-state index contributed by atoms with van der Waals surface area (Å²) in [6.45, 7) is 3.80. The average Bonchev–Trinajstić information content (AvgIpc) is 2.98. The number of hydrazine groups is 1. The first kappa shape index (κ1) is 15.3. The highest BCUT2D eigenvalue weighted by atomic mass is 16.5. The van der Waals surface area contributed by atoms with Gasteiger partial charge in [-0.2, -0.15) is 5.10 Å². The number of carbonyl (C=O) groups excluding carboxylic acids is 1. The summed E-state index contributed by atoms with van der Waals surface area (Å²) in [6.07, 6.45) is 0. The third kappa shape index (κ3) is 2.26. The molecule has 4 rings (SSSR count). The molecule has 25 heavy (non-hydrogen) atoms. The molecular weight excluding hydrogens is 316 g/mol. The second kappa shape index (κ2) is 5.66. The Morgan fingerprint density at radius 2 is 1.84 bits per heavy atom. The van der Waals surface area contributed by atoms with E-state index in [4.69, 9.17) is 4.74 Å². The number of nitrogens with one attached hydrogen (secondary N) is 2. The minimum atomic E-state index is -0.435. The van der Waals surface area contributed by atoms with Crippen molar-refractivity contribution in [3.8, 4) is 11.1 Å². The molecule has 0 unspecified atom stereocenters. The van der Waals surface area contributed by atoms with Gasteiger partial charge in [0.05, 0.1) is 18.5 Å². The number of nitrogens with zero attached hydrogens (tertiary/aromatic N) is 2. The van der Waals surface area contributed by atoms with Gasteiger partial charge in [-0.25, -0.2) is 9.48 Å². The van der Waals surface area contributed by atoms with Crippen molar-refractivity contribution in [1.82, 2.24) is 15.2 Å². The SMILES string of the molecule is COC(=O)C1=C(C)n2nc(C)c(-c3cccc4ccccc34)c2NN1. The maximum Gasteiger partial charge on any atom is 0.357 e. The summed E-state index contributed by atoms with van der Waals surface area (Å²) in [6, 6.07) is 14.5. The number of allylic oxidation sites excluding steroid dienone is 1. The predicted molar refractivity (Wildman–Crippen MR) is 97.6 cm³/mol. The number of methoxy groups -OCH3 is 1. The number of hydrogen-bond donors (Lipinski definition) is 2. The molecule has 0 atom stereocenters. The molecule has 0 amide bonds. The van der Waals surface area contributed by atoms with Crippen molar-refractivity contribution in [1.29, 1.82) is 0 Å². The van der Waals surface area contributed by atoms with Crippen molar-refractivity contribution in [2.24, 2.45) is 0 Å². The summed E-state index contributed by atoms with van der Waals surface area (Å²) in [5, 5.41) is 6.96. The molecule has 2 aromatic carbocycles. The molecule has 2 heterocycles. The zero-order valence-electron chi connectivity index (χ0n) is 14.3. The Labute approximate surface area is 145 Å². The van der Waals surface area contributed by atoms with E-state index in [0.717, 1.165) is 28.0 Å².